The summed E-state index contributed by atoms with van der Waals surface area (Å²) in [7, 11) is 0. The number of primary amides is 1. The van der Waals surface area contributed by atoms with E-state index in [4.69, 9.17) is 5.73 Å². The van der Waals surface area contributed by atoms with E-state index >= 15 is 0 Å². The van der Waals surface area contributed by atoms with Crippen LogP contribution < -0.4 is 11.1 Å². The number of hydrogen-bond donors (Lipinski definition) is 2. The fourth-order valence-corrected chi connectivity index (χ4v) is 2.43. The number of nitrogens with zero attached hydrogens (tertiary/aromatic N) is 1. The van der Waals surface area contributed by atoms with Crippen molar-refractivity contribution in [3.8, 4) is 0 Å². The SMILES string of the molecule is CC(C)CNCC1CCN(CC(C)C(N)=O)CC1. The van der Waals surface area contributed by atoms with Crippen LogP contribution in [0.5, 0.6) is 0 Å². The van der Waals surface area contributed by atoms with Gasteiger partial charge in [-0.25, -0.2) is 0 Å². The topological polar surface area (TPSA) is 58.4 Å². The number of likely N-dealkylation sites (tertiary alicyclic amines) is 1. The first-order valence-electron chi connectivity index (χ1n) is 7.21. The Morgan fingerprint density at radius 2 is 1.94 bits per heavy atom. The molecule has 0 bridgehead atoms. The predicted octanol–water partition coefficient (Wildman–Crippen LogP) is 1.07. The number of nitrogens with one attached hydrogen (secondary N) is 1. The zero-order chi connectivity index (χ0) is 13.5. The summed E-state index contributed by atoms with van der Waals surface area (Å²) < 4.78 is 0. The summed E-state index contributed by atoms with van der Waals surface area (Å²) in [6, 6.07) is 0. The van der Waals surface area contributed by atoms with Gasteiger partial charge in [0.15, 0.2) is 0 Å². The smallest absolute Gasteiger partial charge is 0.221 e. The largest absolute Gasteiger partial charge is 0.369 e. The molecule has 106 valence electrons. The van der Waals surface area contributed by atoms with Crippen molar-refractivity contribution in [2.75, 3.05) is 32.7 Å². The van der Waals surface area contributed by atoms with E-state index in [-0.39, 0.29) is 11.8 Å². The van der Waals surface area contributed by atoms with E-state index < -0.39 is 0 Å². The van der Waals surface area contributed by atoms with Crippen molar-refractivity contribution < 1.29 is 4.79 Å². The van der Waals surface area contributed by atoms with Crippen LogP contribution in [0.1, 0.15) is 33.6 Å². The van der Waals surface area contributed by atoms with Gasteiger partial charge in [0.1, 0.15) is 0 Å². The van der Waals surface area contributed by atoms with E-state index in [0.717, 1.165) is 44.6 Å². The number of nitrogens with two attached hydrogens (primary N) is 1. The van der Waals surface area contributed by atoms with Crippen molar-refractivity contribution in [1.29, 1.82) is 0 Å². The average Bonchev–Trinajstić information content (AvgIpc) is 2.30. The highest BCUT2D eigenvalue weighted by Gasteiger charge is 2.21. The summed E-state index contributed by atoms with van der Waals surface area (Å²) in [5.74, 6) is 1.31. The van der Waals surface area contributed by atoms with E-state index in [1.165, 1.54) is 12.8 Å². The number of amides is 1. The lowest BCUT2D eigenvalue weighted by Gasteiger charge is -2.33. The van der Waals surface area contributed by atoms with E-state index in [1.54, 1.807) is 0 Å². The Kier molecular flexibility index (Phi) is 6.65. The van der Waals surface area contributed by atoms with Crippen molar-refractivity contribution in [2.24, 2.45) is 23.5 Å². The molecule has 1 atom stereocenters. The molecule has 4 nitrogen and oxygen atoms in total. The van der Waals surface area contributed by atoms with Gasteiger partial charge in [0.25, 0.3) is 0 Å². The van der Waals surface area contributed by atoms with Crippen molar-refractivity contribution in [1.82, 2.24) is 10.2 Å². The Morgan fingerprint density at radius 1 is 1.33 bits per heavy atom. The maximum atomic E-state index is 11.0. The van der Waals surface area contributed by atoms with E-state index in [2.05, 4.69) is 24.1 Å². The molecule has 0 saturated carbocycles. The third-order valence-electron chi connectivity index (χ3n) is 3.71. The molecule has 0 radical (unpaired) electrons. The van der Waals surface area contributed by atoms with Crippen molar-refractivity contribution in [2.45, 2.75) is 33.6 Å². The lowest BCUT2D eigenvalue weighted by molar-refractivity contribution is -0.121. The first-order valence-corrected chi connectivity index (χ1v) is 7.21. The highest BCUT2D eigenvalue weighted by molar-refractivity contribution is 5.76. The van der Waals surface area contributed by atoms with Crippen LogP contribution in [0.25, 0.3) is 0 Å². The van der Waals surface area contributed by atoms with Crippen LogP contribution in [0.15, 0.2) is 0 Å². The second-order valence-corrected chi connectivity index (χ2v) is 6.10. The van der Waals surface area contributed by atoms with Gasteiger partial charge in [-0.1, -0.05) is 20.8 Å². The first kappa shape index (κ1) is 15.4. The van der Waals surface area contributed by atoms with Gasteiger partial charge in [-0.15, -0.1) is 0 Å². The Labute approximate surface area is 111 Å². The average molecular weight is 255 g/mol. The number of hydrogen-bond acceptors (Lipinski definition) is 3. The van der Waals surface area contributed by atoms with Gasteiger partial charge in [-0.2, -0.15) is 0 Å². The molecule has 1 fully saturated rings. The van der Waals surface area contributed by atoms with Crippen LogP contribution in [0.3, 0.4) is 0 Å². The van der Waals surface area contributed by atoms with Crippen LogP contribution in [-0.4, -0.2) is 43.5 Å². The number of piperidine rings is 1. The number of rotatable bonds is 7. The number of carbonyl (C=O) groups is 1. The normalized spacial score (nSPS) is 20.2. The maximum Gasteiger partial charge on any atom is 0.221 e. The molecule has 1 heterocycles. The van der Waals surface area contributed by atoms with E-state index in [0.29, 0.717) is 0 Å². The lowest BCUT2D eigenvalue weighted by atomic mass is 9.96. The van der Waals surface area contributed by atoms with Gasteiger partial charge >= 0.3 is 0 Å². The van der Waals surface area contributed by atoms with Gasteiger partial charge in [-0.3, -0.25) is 4.79 Å². The molecule has 1 saturated heterocycles. The fraction of sp³-hybridized carbons (Fsp3) is 0.929. The minimum Gasteiger partial charge on any atom is -0.369 e. The minimum atomic E-state index is -0.185. The third-order valence-corrected chi connectivity index (χ3v) is 3.71. The van der Waals surface area contributed by atoms with Gasteiger partial charge in [0.05, 0.1) is 0 Å². The van der Waals surface area contributed by atoms with Crippen LogP contribution in [0.2, 0.25) is 0 Å². The van der Waals surface area contributed by atoms with Crippen molar-refractivity contribution in [3.63, 3.8) is 0 Å². The molecular weight excluding hydrogens is 226 g/mol. The fourth-order valence-electron chi connectivity index (χ4n) is 2.43. The Hall–Kier alpha value is -0.610. The van der Waals surface area contributed by atoms with Crippen LogP contribution >= 0.6 is 0 Å². The minimum absolute atomic E-state index is 0.0272. The Balaban J connectivity index is 2.14. The quantitative estimate of drug-likeness (QED) is 0.715. The molecule has 0 aromatic heterocycles. The summed E-state index contributed by atoms with van der Waals surface area (Å²) in [6.45, 7) is 11.7. The summed E-state index contributed by atoms with van der Waals surface area (Å²) in [5, 5.41) is 3.54. The lowest BCUT2D eigenvalue weighted by Crippen LogP contribution is -2.41. The van der Waals surface area contributed by atoms with Gasteiger partial charge in [-0.05, 0) is 50.9 Å². The molecule has 0 spiro atoms. The molecule has 0 aromatic rings. The number of carbonyl (C=O) groups excluding carboxylic acids is 1. The highest BCUT2D eigenvalue weighted by atomic mass is 16.1. The Bertz CT molecular complexity index is 247. The summed E-state index contributed by atoms with van der Waals surface area (Å²) in [6.07, 6.45) is 2.47. The summed E-state index contributed by atoms with van der Waals surface area (Å²) in [5.41, 5.74) is 5.30. The molecule has 0 aliphatic carbocycles. The molecule has 3 N–H and O–H groups in total. The molecule has 1 unspecified atom stereocenters. The zero-order valence-corrected chi connectivity index (χ0v) is 12.1. The first-order chi connectivity index (χ1) is 8.49. The molecule has 1 aliphatic rings. The van der Waals surface area contributed by atoms with Gasteiger partial charge < -0.3 is 16.0 Å². The van der Waals surface area contributed by atoms with Crippen molar-refractivity contribution in [3.05, 3.63) is 0 Å². The van der Waals surface area contributed by atoms with Crippen molar-refractivity contribution >= 4 is 5.91 Å². The molecule has 0 aromatic carbocycles. The predicted molar refractivity (Wildman–Crippen MR) is 75.2 cm³/mol. The van der Waals surface area contributed by atoms with Gasteiger partial charge in [0.2, 0.25) is 5.91 Å². The summed E-state index contributed by atoms with van der Waals surface area (Å²) >= 11 is 0. The monoisotopic (exact) mass is 255 g/mol. The molecule has 1 amide bonds. The van der Waals surface area contributed by atoms with Gasteiger partial charge in [0, 0.05) is 12.5 Å². The zero-order valence-electron chi connectivity index (χ0n) is 12.1. The second kappa shape index (κ2) is 7.74. The van der Waals surface area contributed by atoms with Crippen LogP contribution in [-0.2, 0) is 4.79 Å². The second-order valence-electron chi connectivity index (χ2n) is 6.10. The molecular formula is C14H29N3O. The van der Waals surface area contributed by atoms with Crippen LogP contribution in [0, 0.1) is 17.8 Å². The third kappa shape index (κ3) is 5.83. The van der Waals surface area contributed by atoms with Crippen LogP contribution in [0.4, 0.5) is 0 Å². The molecule has 18 heavy (non-hydrogen) atoms. The maximum absolute atomic E-state index is 11.0. The molecule has 1 rings (SSSR count). The Morgan fingerprint density at radius 3 is 2.44 bits per heavy atom. The summed E-state index contributed by atoms with van der Waals surface area (Å²) in [4.78, 5) is 13.4. The molecule has 4 heteroatoms. The highest BCUT2D eigenvalue weighted by Crippen LogP contribution is 2.17. The van der Waals surface area contributed by atoms with E-state index in [1.807, 2.05) is 6.92 Å². The van der Waals surface area contributed by atoms with E-state index in [9.17, 15) is 4.79 Å². The molecule has 1 aliphatic heterocycles. The standard InChI is InChI=1S/C14H29N3O/c1-11(2)8-16-9-13-4-6-17(7-5-13)10-12(3)14(15)18/h11-13,16H,4-10H2,1-3H3,(H2,15,18).